The molecule has 1 aromatic carbocycles. The number of rotatable bonds is 23. The fourth-order valence-corrected chi connectivity index (χ4v) is 7.96. The highest BCUT2D eigenvalue weighted by atomic mass is 19.1. The molecule has 7 rings (SSSR count). The van der Waals surface area contributed by atoms with E-state index in [0.717, 1.165) is 30.6 Å². The van der Waals surface area contributed by atoms with Gasteiger partial charge in [-0.2, -0.15) is 0 Å². The summed E-state index contributed by atoms with van der Waals surface area (Å²) in [5.74, 6) is -0.330. The number of nitrogens with one attached hydrogen (secondary N) is 6. The van der Waals surface area contributed by atoms with Gasteiger partial charge in [0.25, 0.3) is 6.47 Å². The topological polar surface area (TPSA) is 280 Å². The number of nitrogens with zero attached hydrogens (tertiary/aromatic N) is 3. The van der Waals surface area contributed by atoms with E-state index >= 15 is 0 Å². The van der Waals surface area contributed by atoms with Crippen LogP contribution >= 0.6 is 0 Å². The minimum Gasteiger partial charge on any atom is -0.460 e. The number of anilines is 2. The lowest BCUT2D eigenvalue weighted by Crippen LogP contribution is -2.49. The maximum atomic E-state index is 14.3. The highest BCUT2D eigenvalue weighted by molar-refractivity contribution is 5.98. The van der Waals surface area contributed by atoms with Gasteiger partial charge in [-0.15, -0.1) is 0 Å². The second kappa shape index (κ2) is 39.1. The van der Waals surface area contributed by atoms with Gasteiger partial charge in [-0.05, 0) is 94.5 Å². The number of nitrogens with two attached hydrogens (primary N) is 2. The van der Waals surface area contributed by atoms with Gasteiger partial charge in [-0.1, -0.05) is 100 Å². The maximum Gasteiger partial charge on any atom is 0.312 e. The molecule has 3 atom stereocenters. The largest absolute Gasteiger partial charge is 0.460 e. The molecule has 2 bridgehead atoms. The van der Waals surface area contributed by atoms with Gasteiger partial charge in [-0.25, -0.2) is 28.5 Å². The van der Waals surface area contributed by atoms with E-state index in [2.05, 4.69) is 74.2 Å². The highest BCUT2D eigenvalue weighted by Crippen LogP contribution is 2.42. The smallest absolute Gasteiger partial charge is 0.312 e. The number of pyridine rings is 1. The van der Waals surface area contributed by atoms with Crippen LogP contribution in [0.2, 0.25) is 0 Å². The number of halogens is 2. The van der Waals surface area contributed by atoms with Crippen LogP contribution < -0.4 is 38.1 Å². The van der Waals surface area contributed by atoms with Gasteiger partial charge < -0.3 is 57.2 Å². The van der Waals surface area contributed by atoms with E-state index < -0.39 is 47.0 Å². The van der Waals surface area contributed by atoms with E-state index in [1.807, 2.05) is 27.7 Å². The molecule has 5 amide bonds. The summed E-state index contributed by atoms with van der Waals surface area (Å²) in [6, 6.07) is 6.72. The van der Waals surface area contributed by atoms with Gasteiger partial charge >= 0.3 is 6.03 Å². The SMILES string of the molecule is CC.CCC.CCC.CCN.CCOCCOCCC(C)(C)C(=O)NCC(=O)NC(CCCNC(N)=O)C(=O)Nc1ccc(C(C)OC=O)cc1.Fc1cnc2[nH]cc(-c3ncc(F)c(NC4CC5CCC4CC5)n3)c2c1. The standard InChI is InChI=1S/C27H43N5O8.C19H19F2N5.2C3H8.C2H7N.C2H6/c1-5-38-15-16-39-14-12-27(3,4)25(36)30-17-23(34)32-22(7-6-13-29-26(28)37)24(35)31-21-10-8-20(9-11-21)19(2)40-18-33;20-12-6-13-14(8-23-17(13)22-7-12)18-24-9-15(21)19(26-18)25-16-5-10-1-3-11(16)4-2-10;2*1-3-2;1-2-3;1-2/h8-11,18-19,22H,5-7,12-17H2,1-4H3,(H,30,36)(H,31,35)(H,32,34)(H3,28,29,37);6-11,16H,1-5H2,(H,22,23)(H,24,25,26);2*3H2,1-2H3;2-3H2,1H3;1-2H3. The fraction of sp³-hybridized carbons (Fsp3) is 0.607. The number of carbonyl (C=O) groups excluding carboxylic acids is 5. The first-order valence-electron chi connectivity index (χ1n) is 27.3. The Labute approximate surface area is 455 Å². The summed E-state index contributed by atoms with van der Waals surface area (Å²) in [5.41, 5.74) is 11.5. The molecular weight excluding hydrogens is 993 g/mol. The van der Waals surface area contributed by atoms with Crippen LogP contribution in [0.25, 0.3) is 22.4 Å². The van der Waals surface area contributed by atoms with Crippen LogP contribution in [0.5, 0.6) is 0 Å². The summed E-state index contributed by atoms with van der Waals surface area (Å²) in [6.07, 6.45) is 13.1. The Bertz CT molecular complexity index is 2290. The van der Waals surface area contributed by atoms with E-state index in [1.54, 1.807) is 51.2 Å². The molecule has 3 saturated carbocycles. The van der Waals surface area contributed by atoms with Crippen LogP contribution in [-0.2, 0) is 33.4 Å². The Morgan fingerprint density at radius 1 is 0.909 bits per heavy atom. The summed E-state index contributed by atoms with van der Waals surface area (Å²) in [6.45, 7) is 24.4. The quantitative estimate of drug-likeness (QED) is 0.0254. The van der Waals surface area contributed by atoms with Gasteiger partial charge in [0.05, 0.1) is 32.2 Å². The molecule has 0 saturated heterocycles. The number of carbonyl (C=O) groups is 5. The molecule has 3 unspecified atom stereocenters. The highest BCUT2D eigenvalue weighted by Gasteiger charge is 2.36. The number of primary amides is 1. The molecule has 3 aliphatic carbocycles. The maximum absolute atomic E-state index is 14.3. The van der Waals surface area contributed by atoms with E-state index in [1.165, 1.54) is 50.8 Å². The third kappa shape index (κ3) is 26.1. The van der Waals surface area contributed by atoms with Gasteiger partial charge in [0, 0.05) is 54.0 Å². The van der Waals surface area contributed by atoms with Gasteiger partial charge in [0.2, 0.25) is 17.7 Å². The summed E-state index contributed by atoms with van der Waals surface area (Å²) in [5, 5.41) is 14.3. The lowest BCUT2D eigenvalue weighted by atomic mass is 9.68. The predicted molar refractivity (Wildman–Crippen MR) is 301 cm³/mol. The van der Waals surface area contributed by atoms with Crippen LogP contribution in [-0.4, -0.2) is 108 Å². The Hall–Kier alpha value is -6.32. The number of ether oxygens (including phenoxy) is 3. The van der Waals surface area contributed by atoms with Crippen molar-refractivity contribution in [1.29, 1.82) is 0 Å². The molecule has 77 heavy (non-hydrogen) atoms. The lowest BCUT2D eigenvalue weighted by Gasteiger charge is -2.42. The van der Waals surface area contributed by atoms with E-state index in [-0.39, 0.29) is 37.3 Å². The number of aromatic amines is 1. The second-order valence-electron chi connectivity index (χ2n) is 18.9. The van der Waals surface area contributed by atoms with Crippen molar-refractivity contribution in [3.63, 3.8) is 0 Å². The fourth-order valence-electron chi connectivity index (χ4n) is 7.96. The number of fused-ring (bicyclic) bond motifs is 4. The molecule has 3 fully saturated rings. The third-order valence-electron chi connectivity index (χ3n) is 11.9. The second-order valence-corrected chi connectivity index (χ2v) is 18.9. The molecule has 0 spiro atoms. The van der Waals surface area contributed by atoms with Crippen molar-refractivity contribution in [3.05, 3.63) is 66.1 Å². The summed E-state index contributed by atoms with van der Waals surface area (Å²) >= 11 is 0. The van der Waals surface area contributed by atoms with Crippen molar-refractivity contribution in [3.8, 4) is 11.4 Å². The monoisotopic (exact) mass is 1080 g/mol. The summed E-state index contributed by atoms with van der Waals surface area (Å²) in [7, 11) is 0. The van der Waals surface area contributed by atoms with Crippen molar-refractivity contribution >= 4 is 52.8 Å². The molecular formula is C56H91F2N11O8. The molecule has 19 nitrogen and oxygen atoms in total. The number of aromatic nitrogens is 4. The first-order chi connectivity index (χ1) is 36.9. The number of benzene rings is 1. The van der Waals surface area contributed by atoms with Crippen molar-refractivity contribution in [2.24, 2.45) is 28.7 Å². The number of urea groups is 1. The molecule has 0 aliphatic heterocycles. The normalized spacial score (nSPS) is 15.7. The summed E-state index contributed by atoms with van der Waals surface area (Å²) in [4.78, 5) is 75.3. The van der Waals surface area contributed by atoms with Crippen LogP contribution in [0.15, 0.2) is 48.9 Å². The van der Waals surface area contributed by atoms with Crippen molar-refractivity contribution < 1.29 is 47.0 Å². The Morgan fingerprint density at radius 2 is 1.55 bits per heavy atom. The Balaban J connectivity index is 0.000000679. The van der Waals surface area contributed by atoms with Crippen molar-refractivity contribution in [1.82, 2.24) is 35.9 Å². The zero-order valence-corrected chi connectivity index (χ0v) is 47.6. The van der Waals surface area contributed by atoms with Gasteiger partial charge in [0.15, 0.2) is 17.5 Å². The van der Waals surface area contributed by atoms with Crippen molar-refractivity contribution in [2.45, 2.75) is 159 Å². The zero-order valence-electron chi connectivity index (χ0n) is 47.6. The molecule has 21 heteroatoms. The van der Waals surface area contributed by atoms with Crippen LogP contribution in [0.3, 0.4) is 0 Å². The average Bonchev–Trinajstić information content (AvgIpc) is 3.83. The molecule has 432 valence electrons. The summed E-state index contributed by atoms with van der Waals surface area (Å²) < 4.78 is 43.5. The molecule has 3 aliphatic rings. The molecule has 4 aromatic rings. The first kappa shape index (κ1) is 68.7. The molecule has 3 aromatic heterocycles. The van der Waals surface area contributed by atoms with Crippen LogP contribution in [0.1, 0.15) is 152 Å². The van der Waals surface area contributed by atoms with Crippen LogP contribution in [0.4, 0.5) is 25.1 Å². The van der Waals surface area contributed by atoms with Gasteiger partial charge in [-0.3, -0.25) is 19.2 Å². The third-order valence-corrected chi connectivity index (χ3v) is 11.9. The number of hydrogen-bond donors (Lipinski definition) is 8. The number of hydrogen-bond acceptors (Lipinski definition) is 13. The Morgan fingerprint density at radius 3 is 2.13 bits per heavy atom. The minimum absolute atomic E-state index is 0.207. The van der Waals surface area contributed by atoms with Crippen LogP contribution in [0, 0.1) is 28.9 Å². The number of amides is 5. The van der Waals surface area contributed by atoms with Gasteiger partial charge in [0.1, 0.15) is 23.6 Å². The van der Waals surface area contributed by atoms with E-state index in [4.69, 9.17) is 25.7 Å². The van der Waals surface area contributed by atoms with E-state index in [0.29, 0.717) is 79.8 Å². The average molecular weight is 1080 g/mol. The molecule has 0 radical (unpaired) electrons. The lowest BCUT2D eigenvalue weighted by molar-refractivity contribution is -0.133. The molecule has 3 heterocycles. The van der Waals surface area contributed by atoms with Crippen molar-refractivity contribution in [2.75, 3.05) is 56.7 Å². The Kier molecular flexibility index (Phi) is 34.9. The van der Waals surface area contributed by atoms with E-state index in [9.17, 15) is 32.8 Å². The zero-order chi connectivity index (χ0) is 57.8. The molecule has 10 N–H and O–H groups in total. The predicted octanol–water partition coefficient (Wildman–Crippen LogP) is 9.49. The minimum atomic E-state index is -0.942. The first-order valence-corrected chi connectivity index (χ1v) is 27.3. The number of H-pyrrole nitrogens is 1.